The van der Waals surface area contributed by atoms with E-state index < -0.39 is 15.7 Å². The van der Waals surface area contributed by atoms with Gasteiger partial charge in [0.1, 0.15) is 15.6 Å². The standard InChI is InChI=1S/C20H20N2O4S/c21-20(24)16-10-13(14-3-1-2-4-18(14)23)9-15-17(11-22-19(15)16)12-5-7-27(25,26)8-6-12/h1-4,9-12,22-23H,5-8H2,(H2,21,24). The lowest BCUT2D eigenvalue weighted by Gasteiger charge is -2.21. The minimum Gasteiger partial charge on any atom is -0.507 e. The van der Waals surface area contributed by atoms with Crippen LogP contribution < -0.4 is 5.73 Å². The average Bonchev–Trinajstić information content (AvgIpc) is 3.05. The van der Waals surface area contributed by atoms with Crippen LogP contribution >= 0.6 is 0 Å². The van der Waals surface area contributed by atoms with Gasteiger partial charge in [-0.3, -0.25) is 4.79 Å². The zero-order valence-electron chi connectivity index (χ0n) is 14.6. The number of nitrogens with one attached hydrogen (secondary N) is 1. The van der Waals surface area contributed by atoms with Gasteiger partial charge in [0, 0.05) is 17.1 Å². The number of para-hydroxylation sites is 1. The Labute approximate surface area is 156 Å². The van der Waals surface area contributed by atoms with Crippen molar-refractivity contribution in [3.63, 3.8) is 0 Å². The first-order valence-corrected chi connectivity index (χ1v) is 10.6. The van der Waals surface area contributed by atoms with E-state index in [1.165, 1.54) is 0 Å². The number of aromatic nitrogens is 1. The van der Waals surface area contributed by atoms with Crippen LogP contribution in [0.15, 0.2) is 42.6 Å². The number of hydrogen-bond donors (Lipinski definition) is 3. The smallest absolute Gasteiger partial charge is 0.250 e. The normalized spacial score (nSPS) is 17.2. The largest absolute Gasteiger partial charge is 0.507 e. The monoisotopic (exact) mass is 384 g/mol. The number of amides is 1. The lowest BCUT2D eigenvalue weighted by atomic mass is 9.90. The van der Waals surface area contributed by atoms with Crippen molar-refractivity contribution in [2.45, 2.75) is 18.8 Å². The van der Waals surface area contributed by atoms with E-state index in [1.807, 2.05) is 18.3 Å². The number of rotatable bonds is 3. The Morgan fingerprint density at radius 1 is 1.15 bits per heavy atom. The molecule has 2 heterocycles. The number of sulfone groups is 1. The highest BCUT2D eigenvalue weighted by molar-refractivity contribution is 7.91. The molecule has 7 heteroatoms. The molecule has 1 aliphatic rings. The molecule has 3 aromatic rings. The number of hydrogen-bond acceptors (Lipinski definition) is 4. The molecule has 1 saturated heterocycles. The van der Waals surface area contributed by atoms with Gasteiger partial charge in [0.05, 0.1) is 22.6 Å². The highest BCUT2D eigenvalue weighted by Gasteiger charge is 2.27. The van der Waals surface area contributed by atoms with Gasteiger partial charge in [-0.2, -0.15) is 0 Å². The fourth-order valence-electron chi connectivity index (χ4n) is 3.86. The Bertz CT molecular complexity index is 1130. The third-order valence-corrected chi connectivity index (χ3v) is 7.01. The summed E-state index contributed by atoms with van der Waals surface area (Å²) in [5.41, 5.74) is 8.87. The second kappa shape index (κ2) is 6.42. The molecular formula is C20H20N2O4S. The SMILES string of the molecule is NC(=O)c1cc(-c2ccccc2O)cc2c(C3CCS(=O)(=O)CC3)c[nH]c12. The molecule has 0 bridgehead atoms. The summed E-state index contributed by atoms with van der Waals surface area (Å²) in [5.74, 6) is 0.00544. The summed E-state index contributed by atoms with van der Waals surface area (Å²) in [6, 6.07) is 10.5. The van der Waals surface area contributed by atoms with Crippen LogP contribution in [0.4, 0.5) is 0 Å². The lowest BCUT2D eigenvalue weighted by molar-refractivity contribution is 0.100. The number of phenolic OH excluding ortho intramolecular Hbond substituents is 1. The Morgan fingerprint density at radius 2 is 1.85 bits per heavy atom. The number of carbonyl (C=O) groups excluding carboxylic acids is 1. The van der Waals surface area contributed by atoms with E-state index in [9.17, 15) is 18.3 Å². The van der Waals surface area contributed by atoms with Crippen LogP contribution in [-0.4, -0.2) is 35.9 Å². The minimum atomic E-state index is -2.96. The quantitative estimate of drug-likeness (QED) is 0.644. The maximum Gasteiger partial charge on any atom is 0.250 e. The molecule has 27 heavy (non-hydrogen) atoms. The fraction of sp³-hybridized carbons (Fsp3) is 0.250. The van der Waals surface area contributed by atoms with Crippen molar-refractivity contribution in [3.8, 4) is 16.9 Å². The second-order valence-electron chi connectivity index (χ2n) is 7.00. The number of phenols is 1. The van der Waals surface area contributed by atoms with Crippen LogP contribution in [0.1, 0.15) is 34.7 Å². The molecular weight excluding hydrogens is 364 g/mol. The maximum atomic E-state index is 12.0. The Hall–Kier alpha value is -2.80. The van der Waals surface area contributed by atoms with E-state index in [0.717, 1.165) is 10.9 Å². The predicted molar refractivity (Wildman–Crippen MR) is 105 cm³/mol. The molecule has 1 aromatic heterocycles. The number of aromatic amines is 1. The minimum absolute atomic E-state index is 0.0996. The molecule has 4 N–H and O–H groups in total. The van der Waals surface area contributed by atoms with Crippen molar-refractivity contribution in [1.29, 1.82) is 0 Å². The first-order chi connectivity index (χ1) is 12.9. The molecule has 0 aliphatic carbocycles. The van der Waals surface area contributed by atoms with Crippen LogP contribution in [0.5, 0.6) is 5.75 Å². The van der Waals surface area contributed by atoms with E-state index in [0.29, 0.717) is 35.0 Å². The van der Waals surface area contributed by atoms with Crippen molar-refractivity contribution in [3.05, 3.63) is 53.7 Å². The molecule has 1 amide bonds. The summed E-state index contributed by atoms with van der Waals surface area (Å²) >= 11 is 0. The molecule has 1 aliphatic heterocycles. The molecule has 1 fully saturated rings. The number of benzene rings is 2. The second-order valence-corrected chi connectivity index (χ2v) is 9.30. The third kappa shape index (κ3) is 3.19. The van der Waals surface area contributed by atoms with Gasteiger partial charge in [-0.05, 0) is 48.1 Å². The van der Waals surface area contributed by atoms with Crippen LogP contribution in [0.3, 0.4) is 0 Å². The van der Waals surface area contributed by atoms with Gasteiger partial charge in [-0.1, -0.05) is 18.2 Å². The number of H-pyrrole nitrogens is 1. The molecule has 0 saturated carbocycles. The molecule has 0 radical (unpaired) electrons. The van der Waals surface area contributed by atoms with Gasteiger partial charge in [0.15, 0.2) is 0 Å². The zero-order valence-corrected chi connectivity index (χ0v) is 15.4. The summed E-state index contributed by atoms with van der Waals surface area (Å²) in [6.07, 6.45) is 2.96. The molecule has 140 valence electrons. The van der Waals surface area contributed by atoms with E-state index in [4.69, 9.17) is 5.73 Å². The lowest BCUT2D eigenvalue weighted by Crippen LogP contribution is -2.22. The topological polar surface area (TPSA) is 113 Å². The van der Waals surface area contributed by atoms with Gasteiger partial charge in [0.25, 0.3) is 5.91 Å². The number of primary amides is 1. The number of nitrogens with two attached hydrogens (primary N) is 1. The first kappa shape index (κ1) is 17.6. The first-order valence-electron chi connectivity index (χ1n) is 8.79. The van der Waals surface area contributed by atoms with Crippen LogP contribution in [0, 0.1) is 0 Å². The van der Waals surface area contributed by atoms with Crippen molar-refractivity contribution in [2.75, 3.05) is 11.5 Å². The van der Waals surface area contributed by atoms with E-state index >= 15 is 0 Å². The molecule has 4 rings (SSSR count). The number of fused-ring (bicyclic) bond motifs is 1. The predicted octanol–water partition coefficient (Wildman–Crippen LogP) is 2.93. The van der Waals surface area contributed by atoms with E-state index in [-0.39, 0.29) is 23.2 Å². The van der Waals surface area contributed by atoms with Crippen molar-refractivity contribution in [1.82, 2.24) is 4.98 Å². The number of aromatic hydroxyl groups is 1. The molecule has 0 unspecified atom stereocenters. The molecule has 0 atom stereocenters. The molecule has 0 spiro atoms. The van der Waals surface area contributed by atoms with Crippen LogP contribution in [0.25, 0.3) is 22.0 Å². The van der Waals surface area contributed by atoms with Gasteiger partial charge in [0.2, 0.25) is 0 Å². The van der Waals surface area contributed by atoms with Crippen molar-refractivity contribution in [2.24, 2.45) is 5.73 Å². The maximum absolute atomic E-state index is 12.0. The highest BCUT2D eigenvalue weighted by Crippen LogP contribution is 2.38. The summed E-state index contributed by atoms with van der Waals surface area (Å²) in [4.78, 5) is 15.2. The highest BCUT2D eigenvalue weighted by atomic mass is 32.2. The van der Waals surface area contributed by atoms with Gasteiger partial charge in [-0.15, -0.1) is 0 Å². The van der Waals surface area contributed by atoms with Gasteiger partial charge >= 0.3 is 0 Å². The van der Waals surface area contributed by atoms with E-state index in [1.54, 1.807) is 24.3 Å². The summed E-state index contributed by atoms with van der Waals surface area (Å²) < 4.78 is 23.5. The summed E-state index contributed by atoms with van der Waals surface area (Å²) in [5, 5.41) is 11.0. The van der Waals surface area contributed by atoms with Gasteiger partial charge in [-0.25, -0.2) is 8.42 Å². The Balaban J connectivity index is 1.88. The third-order valence-electron chi connectivity index (χ3n) is 5.30. The van der Waals surface area contributed by atoms with Crippen molar-refractivity contribution < 1.29 is 18.3 Å². The molecule has 6 nitrogen and oxygen atoms in total. The van der Waals surface area contributed by atoms with Crippen LogP contribution in [0.2, 0.25) is 0 Å². The molecule has 2 aromatic carbocycles. The number of carbonyl (C=O) groups is 1. The van der Waals surface area contributed by atoms with Crippen molar-refractivity contribution >= 4 is 26.6 Å². The van der Waals surface area contributed by atoms with E-state index in [2.05, 4.69) is 4.98 Å². The average molecular weight is 384 g/mol. The van der Waals surface area contributed by atoms with Gasteiger partial charge < -0.3 is 15.8 Å². The Morgan fingerprint density at radius 3 is 2.52 bits per heavy atom. The summed E-state index contributed by atoms with van der Waals surface area (Å²) in [6.45, 7) is 0. The zero-order chi connectivity index (χ0) is 19.2. The summed E-state index contributed by atoms with van der Waals surface area (Å²) in [7, 11) is -2.96. The Kier molecular flexibility index (Phi) is 4.19. The fourth-order valence-corrected chi connectivity index (χ4v) is 5.35. The van der Waals surface area contributed by atoms with Crippen LogP contribution in [-0.2, 0) is 9.84 Å².